The van der Waals surface area contributed by atoms with Gasteiger partial charge >= 0.3 is 0 Å². The van der Waals surface area contributed by atoms with Crippen LogP contribution in [0.15, 0.2) is 54.6 Å². The molecule has 138 valence electrons. The van der Waals surface area contributed by atoms with E-state index in [4.69, 9.17) is 0 Å². The molecule has 1 aliphatic rings. The van der Waals surface area contributed by atoms with Gasteiger partial charge in [-0.05, 0) is 36.6 Å². The first-order chi connectivity index (χ1) is 12.5. The van der Waals surface area contributed by atoms with Crippen molar-refractivity contribution in [2.75, 3.05) is 22.2 Å². The topological polar surface area (TPSA) is 54.5 Å². The molecule has 0 saturated carbocycles. The normalized spacial score (nSPS) is 18.6. The number of carbonyl (C=O) groups is 1. The first kappa shape index (κ1) is 19.0. The zero-order valence-electron chi connectivity index (χ0n) is 14.8. The molecule has 0 unspecified atom stereocenters. The zero-order valence-corrected chi connectivity index (χ0v) is 16.4. The second-order valence-corrected chi connectivity index (χ2v) is 9.79. The molecule has 0 radical (unpaired) electrons. The molecule has 1 fully saturated rings. The lowest BCUT2D eigenvalue weighted by molar-refractivity contribution is -0.116. The van der Waals surface area contributed by atoms with E-state index >= 15 is 0 Å². The van der Waals surface area contributed by atoms with Gasteiger partial charge in [0.15, 0.2) is 9.84 Å². The molecule has 4 nitrogen and oxygen atoms in total. The molecule has 1 atom stereocenters. The Balaban J connectivity index is 1.70. The summed E-state index contributed by atoms with van der Waals surface area (Å²) in [6.07, 6.45) is 0.505. The van der Waals surface area contributed by atoms with Gasteiger partial charge < -0.3 is 4.90 Å². The Kier molecular flexibility index (Phi) is 6.04. The fourth-order valence-electron chi connectivity index (χ4n) is 3.22. The minimum absolute atomic E-state index is 0.0307. The predicted octanol–water partition coefficient (Wildman–Crippen LogP) is 3.45. The van der Waals surface area contributed by atoms with Crippen molar-refractivity contribution < 1.29 is 13.2 Å². The lowest BCUT2D eigenvalue weighted by atomic mass is 10.1. The summed E-state index contributed by atoms with van der Waals surface area (Å²) in [7, 11) is -3.05. The van der Waals surface area contributed by atoms with Gasteiger partial charge in [0, 0.05) is 11.4 Å². The summed E-state index contributed by atoms with van der Waals surface area (Å²) < 4.78 is 23.8. The van der Waals surface area contributed by atoms with Crippen molar-refractivity contribution in [3.63, 3.8) is 0 Å². The standard InChI is InChI=1S/C20H23NO3S2/c1-16-7-5-6-8-17(16)13-25-14-20(22)21(18-9-3-2-4-10-18)19-11-12-26(23,24)15-19/h2-10,19H,11-15H2,1H3/t19-/m0/s1. The molecule has 26 heavy (non-hydrogen) atoms. The highest BCUT2D eigenvalue weighted by molar-refractivity contribution is 7.99. The Morgan fingerprint density at radius 2 is 1.81 bits per heavy atom. The molecule has 1 aliphatic heterocycles. The highest BCUT2D eigenvalue weighted by Gasteiger charge is 2.35. The number of rotatable bonds is 6. The van der Waals surface area contributed by atoms with Gasteiger partial charge in [-0.3, -0.25) is 4.79 Å². The molecular formula is C20H23NO3S2. The monoisotopic (exact) mass is 389 g/mol. The first-order valence-electron chi connectivity index (χ1n) is 8.66. The molecule has 1 heterocycles. The van der Waals surface area contributed by atoms with Crippen LogP contribution >= 0.6 is 11.8 Å². The van der Waals surface area contributed by atoms with Crippen LogP contribution in [0.3, 0.4) is 0 Å². The van der Waals surface area contributed by atoms with E-state index in [0.717, 1.165) is 11.4 Å². The summed E-state index contributed by atoms with van der Waals surface area (Å²) in [6.45, 7) is 2.07. The van der Waals surface area contributed by atoms with Crippen LogP contribution in [0.4, 0.5) is 5.69 Å². The number of hydrogen-bond acceptors (Lipinski definition) is 4. The van der Waals surface area contributed by atoms with Crippen LogP contribution in [-0.4, -0.2) is 37.6 Å². The van der Waals surface area contributed by atoms with Crippen LogP contribution in [0.25, 0.3) is 0 Å². The quantitative estimate of drug-likeness (QED) is 0.759. The average molecular weight is 390 g/mol. The van der Waals surface area contributed by atoms with E-state index in [1.807, 2.05) is 42.5 Å². The van der Waals surface area contributed by atoms with E-state index in [0.29, 0.717) is 12.2 Å². The zero-order chi connectivity index (χ0) is 18.6. The SMILES string of the molecule is Cc1ccccc1CSCC(=O)N(c1ccccc1)[C@H]1CCS(=O)(=O)C1. The van der Waals surface area contributed by atoms with Crippen molar-refractivity contribution in [1.29, 1.82) is 0 Å². The van der Waals surface area contributed by atoms with Gasteiger partial charge in [-0.25, -0.2) is 8.42 Å². The molecular weight excluding hydrogens is 366 g/mol. The van der Waals surface area contributed by atoms with Gasteiger partial charge in [-0.15, -0.1) is 11.8 Å². The molecule has 1 amide bonds. The van der Waals surface area contributed by atoms with Crippen LogP contribution in [0.5, 0.6) is 0 Å². The third-order valence-corrected chi connectivity index (χ3v) is 7.34. The molecule has 0 aliphatic carbocycles. The van der Waals surface area contributed by atoms with Crippen LogP contribution in [0.2, 0.25) is 0 Å². The minimum atomic E-state index is -3.05. The largest absolute Gasteiger partial charge is 0.308 e. The van der Waals surface area contributed by atoms with E-state index < -0.39 is 9.84 Å². The Bertz CT molecular complexity index is 866. The number of hydrogen-bond donors (Lipinski definition) is 0. The van der Waals surface area contributed by atoms with E-state index in [2.05, 4.69) is 19.1 Å². The van der Waals surface area contributed by atoms with Crippen molar-refractivity contribution in [3.05, 3.63) is 65.7 Å². The lowest BCUT2D eigenvalue weighted by Gasteiger charge is -2.28. The van der Waals surface area contributed by atoms with Crippen molar-refractivity contribution in [2.24, 2.45) is 0 Å². The first-order valence-corrected chi connectivity index (χ1v) is 11.6. The molecule has 6 heteroatoms. The van der Waals surface area contributed by atoms with Gasteiger partial charge in [0.1, 0.15) is 0 Å². The van der Waals surface area contributed by atoms with Crippen LogP contribution in [-0.2, 0) is 20.4 Å². The number of carbonyl (C=O) groups excluding carboxylic acids is 1. The summed E-state index contributed by atoms with van der Waals surface area (Å²) in [5.74, 6) is 1.28. The Morgan fingerprint density at radius 1 is 1.12 bits per heavy atom. The molecule has 2 aromatic rings. The Hall–Kier alpha value is -1.79. The average Bonchev–Trinajstić information content (AvgIpc) is 2.97. The summed E-state index contributed by atoms with van der Waals surface area (Å²) in [4.78, 5) is 14.6. The Labute approximate surface area is 159 Å². The molecule has 0 spiro atoms. The molecule has 0 N–H and O–H groups in total. The number of para-hydroxylation sites is 1. The van der Waals surface area contributed by atoms with E-state index in [9.17, 15) is 13.2 Å². The molecule has 0 aromatic heterocycles. The number of sulfone groups is 1. The van der Waals surface area contributed by atoms with Crippen molar-refractivity contribution in [2.45, 2.75) is 25.1 Å². The van der Waals surface area contributed by atoms with Crippen molar-refractivity contribution in [3.8, 4) is 0 Å². The Morgan fingerprint density at radius 3 is 2.46 bits per heavy atom. The molecule has 2 aromatic carbocycles. The van der Waals surface area contributed by atoms with Crippen LogP contribution < -0.4 is 4.90 Å². The summed E-state index contributed by atoms with van der Waals surface area (Å²) in [5.41, 5.74) is 3.21. The maximum atomic E-state index is 12.9. The fraction of sp³-hybridized carbons (Fsp3) is 0.350. The summed E-state index contributed by atoms with van der Waals surface area (Å²) in [5, 5.41) is 0. The highest BCUT2D eigenvalue weighted by atomic mass is 32.2. The van der Waals surface area contributed by atoms with E-state index in [1.165, 1.54) is 11.1 Å². The number of nitrogens with zero attached hydrogens (tertiary/aromatic N) is 1. The van der Waals surface area contributed by atoms with E-state index in [-0.39, 0.29) is 23.5 Å². The van der Waals surface area contributed by atoms with Gasteiger partial charge in [-0.2, -0.15) is 0 Å². The number of amides is 1. The third kappa shape index (κ3) is 4.68. The highest BCUT2D eigenvalue weighted by Crippen LogP contribution is 2.26. The minimum Gasteiger partial charge on any atom is -0.308 e. The van der Waals surface area contributed by atoms with Gasteiger partial charge in [0.25, 0.3) is 0 Å². The van der Waals surface area contributed by atoms with Gasteiger partial charge in [0.05, 0.1) is 23.3 Å². The maximum absolute atomic E-state index is 12.9. The van der Waals surface area contributed by atoms with Crippen molar-refractivity contribution >= 4 is 33.2 Å². The summed E-state index contributed by atoms with van der Waals surface area (Å²) in [6, 6.07) is 17.3. The predicted molar refractivity (Wildman–Crippen MR) is 108 cm³/mol. The third-order valence-electron chi connectivity index (χ3n) is 4.62. The number of thioether (sulfide) groups is 1. The van der Waals surface area contributed by atoms with Crippen LogP contribution in [0, 0.1) is 6.92 Å². The van der Waals surface area contributed by atoms with E-state index in [1.54, 1.807) is 16.7 Å². The van der Waals surface area contributed by atoms with Crippen molar-refractivity contribution in [1.82, 2.24) is 0 Å². The summed E-state index contributed by atoms with van der Waals surface area (Å²) >= 11 is 1.57. The lowest BCUT2D eigenvalue weighted by Crippen LogP contribution is -2.42. The number of aryl methyl sites for hydroxylation is 1. The van der Waals surface area contributed by atoms with Gasteiger partial charge in [-0.1, -0.05) is 42.5 Å². The molecule has 0 bridgehead atoms. The second-order valence-electron chi connectivity index (χ2n) is 6.58. The van der Waals surface area contributed by atoms with Gasteiger partial charge in [0.2, 0.25) is 5.91 Å². The second kappa shape index (κ2) is 8.27. The molecule has 3 rings (SSSR count). The maximum Gasteiger partial charge on any atom is 0.237 e. The fourth-order valence-corrected chi connectivity index (χ4v) is 5.88. The molecule has 1 saturated heterocycles. The smallest absolute Gasteiger partial charge is 0.237 e. The number of anilines is 1. The number of benzene rings is 2. The van der Waals surface area contributed by atoms with Crippen LogP contribution in [0.1, 0.15) is 17.5 Å².